The lowest BCUT2D eigenvalue weighted by Crippen LogP contribution is -2.05. The molecule has 2 rings (SSSR count). The molecule has 2 aromatic rings. The van der Waals surface area contributed by atoms with E-state index in [9.17, 15) is 8.78 Å². The van der Waals surface area contributed by atoms with Gasteiger partial charge in [0, 0.05) is 17.7 Å². The normalized spacial score (nSPS) is 10.7. The Morgan fingerprint density at radius 3 is 2.81 bits per heavy atom. The zero-order chi connectivity index (χ0) is 11.5. The van der Waals surface area contributed by atoms with Crippen LogP contribution in [0.2, 0.25) is 0 Å². The summed E-state index contributed by atoms with van der Waals surface area (Å²) in [6.07, 6.45) is 1.66. The second-order valence-corrected chi connectivity index (χ2v) is 3.43. The summed E-state index contributed by atoms with van der Waals surface area (Å²) in [6, 6.07) is 3.78. The highest BCUT2D eigenvalue weighted by molar-refractivity contribution is 5.62. The maximum Gasteiger partial charge on any atom is 0.159 e. The molecule has 0 atom stereocenters. The molecule has 1 heterocycles. The van der Waals surface area contributed by atoms with E-state index in [1.165, 1.54) is 6.07 Å². The van der Waals surface area contributed by atoms with Crippen molar-refractivity contribution >= 4 is 0 Å². The average molecular weight is 223 g/mol. The molecule has 0 aliphatic carbocycles. The van der Waals surface area contributed by atoms with Crippen molar-refractivity contribution in [1.29, 1.82) is 0 Å². The van der Waals surface area contributed by atoms with E-state index >= 15 is 0 Å². The van der Waals surface area contributed by atoms with Gasteiger partial charge in [-0.1, -0.05) is 0 Å². The first-order valence-corrected chi connectivity index (χ1v) is 4.84. The first kappa shape index (κ1) is 10.8. The van der Waals surface area contributed by atoms with Crippen LogP contribution >= 0.6 is 0 Å². The Bertz CT molecular complexity index is 494. The van der Waals surface area contributed by atoms with Gasteiger partial charge in [-0.05, 0) is 25.2 Å². The van der Waals surface area contributed by atoms with Crippen molar-refractivity contribution in [3.05, 3.63) is 41.6 Å². The Balaban J connectivity index is 2.42. The van der Waals surface area contributed by atoms with Gasteiger partial charge in [-0.2, -0.15) is 5.10 Å². The van der Waals surface area contributed by atoms with Crippen LogP contribution in [-0.2, 0) is 6.54 Å². The van der Waals surface area contributed by atoms with Gasteiger partial charge >= 0.3 is 0 Å². The predicted molar refractivity (Wildman–Crippen MR) is 56.7 cm³/mol. The van der Waals surface area contributed by atoms with Crippen molar-refractivity contribution in [2.45, 2.75) is 6.54 Å². The molecule has 5 heteroatoms. The highest BCUT2D eigenvalue weighted by atomic mass is 19.2. The standard InChI is InChI=1S/C11H11F2N3/c1-14-5-8-6-15-16-11(8)7-2-3-9(12)10(13)4-7/h2-4,6,14H,5H2,1H3,(H,15,16). The number of hydrogen-bond donors (Lipinski definition) is 2. The van der Waals surface area contributed by atoms with E-state index < -0.39 is 11.6 Å². The third kappa shape index (κ3) is 1.94. The Morgan fingerprint density at radius 2 is 2.12 bits per heavy atom. The molecule has 0 aliphatic rings. The van der Waals surface area contributed by atoms with Crippen LogP contribution in [0.1, 0.15) is 5.56 Å². The van der Waals surface area contributed by atoms with Crippen LogP contribution in [0.4, 0.5) is 8.78 Å². The Hall–Kier alpha value is -1.75. The van der Waals surface area contributed by atoms with Crippen molar-refractivity contribution in [2.24, 2.45) is 0 Å². The number of nitrogens with one attached hydrogen (secondary N) is 2. The minimum Gasteiger partial charge on any atom is -0.316 e. The summed E-state index contributed by atoms with van der Waals surface area (Å²) in [4.78, 5) is 0. The zero-order valence-corrected chi connectivity index (χ0v) is 8.72. The summed E-state index contributed by atoms with van der Waals surface area (Å²) in [5.74, 6) is -1.71. The maximum absolute atomic E-state index is 13.1. The molecule has 0 unspecified atom stereocenters. The third-order valence-corrected chi connectivity index (χ3v) is 2.29. The molecule has 1 aromatic carbocycles. The van der Waals surface area contributed by atoms with Gasteiger partial charge in [-0.3, -0.25) is 5.10 Å². The highest BCUT2D eigenvalue weighted by Crippen LogP contribution is 2.22. The van der Waals surface area contributed by atoms with Gasteiger partial charge in [0.2, 0.25) is 0 Å². The number of aromatic nitrogens is 2. The van der Waals surface area contributed by atoms with Crippen LogP contribution in [0.25, 0.3) is 11.3 Å². The van der Waals surface area contributed by atoms with Crippen LogP contribution in [-0.4, -0.2) is 17.2 Å². The smallest absolute Gasteiger partial charge is 0.159 e. The number of halogens is 2. The van der Waals surface area contributed by atoms with E-state index in [0.717, 1.165) is 17.7 Å². The molecule has 0 saturated carbocycles. The van der Waals surface area contributed by atoms with Crippen molar-refractivity contribution in [2.75, 3.05) is 7.05 Å². The maximum atomic E-state index is 13.1. The second kappa shape index (κ2) is 4.40. The summed E-state index contributed by atoms with van der Waals surface area (Å²) in [7, 11) is 1.81. The third-order valence-electron chi connectivity index (χ3n) is 2.29. The number of rotatable bonds is 3. The molecule has 0 aliphatic heterocycles. The van der Waals surface area contributed by atoms with Crippen LogP contribution in [0.3, 0.4) is 0 Å². The van der Waals surface area contributed by atoms with E-state index in [2.05, 4.69) is 15.5 Å². The van der Waals surface area contributed by atoms with E-state index in [1.54, 1.807) is 6.20 Å². The number of H-pyrrole nitrogens is 1. The largest absolute Gasteiger partial charge is 0.316 e. The fraction of sp³-hybridized carbons (Fsp3) is 0.182. The van der Waals surface area contributed by atoms with Gasteiger partial charge in [0.25, 0.3) is 0 Å². The van der Waals surface area contributed by atoms with Crippen molar-refractivity contribution in [1.82, 2.24) is 15.5 Å². The monoisotopic (exact) mass is 223 g/mol. The topological polar surface area (TPSA) is 40.7 Å². The summed E-state index contributed by atoms with van der Waals surface area (Å²) < 4.78 is 25.8. The van der Waals surface area contributed by atoms with Gasteiger partial charge < -0.3 is 5.32 Å². The van der Waals surface area contributed by atoms with Gasteiger partial charge in [0.15, 0.2) is 11.6 Å². The highest BCUT2D eigenvalue weighted by Gasteiger charge is 2.09. The molecule has 0 spiro atoms. The van der Waals surface area contributed by atoms with E-state index in [4.69, 9.17) is 0 Å². The minimum absolute atomic E-state index is 0.585. The molecule has 0 bridgehead atoms. The summed E-state index contributed by atoms with van der Waals surface area (Å²) in [5.41, 5.74) is 2.20. The summed E-state index contributed by atoms with van der Waals surface area (Å²) >= 11 is 0. The number of benzene rings is 1. The van der Waals surface area contributed by atoms with E-state index in [-0.39, 0.29) is 0 Å². The van der Waals surface area contributed by atoms with Crippen molar-refractivity contribution < 1.29 is 8.78 Å². The molecule has 0 fully saturated rings. The second-order valence-electron chi connectivity index (χ2n) is 3.43. The molecule has 84 valence electrons. The van der Waals surface area contributed by atoms with Crippen LogP contribution < -0.4 is 5.32 Å². The molecule has 0 saturated heterocycles. The van der Waals surface area contributed by atoms with Crippen LogP contribution in [0, 0.1) is 11.6 Å². The zero-order valence-electron chi connectivity index (χ0n) is 8.72. The molecular formula is C11H11F2N3. The Morgan fingerprint density at radius 1 is 1.31 bits per heavy atom. The van der Waals surface area contributed by atoms with Gasteiger partial charge in [0.1, 0.15) is 0 Å². The molecule has 0 amide bonds. The van der Waals surface area contributed by atoms with Gasteiger partial charge in [-0.25, -0.2) is 8.78 Å². The molecule has 3 nitrogen and oxygen atoms in total. The Kier molecular flexibility index (Phi) is 2.96. The minimum atomic E-state index is -0.859. The van der Waals surface area contributed by atoms with Crippen LogP contribution in [0.5, 0.6) is 0 Å². The lowest BCUT2D eigenvalue weighted by atomic mass is 10.1. The average Bonchev–Trinajstić information content (AvgIpc) is 2.71. The fourth-order valence-electron chi connectivity index (χ4n) is 1.54. The molecule has 0 radical (unpaired) electrons. The fourth-order valence-corrected chi connectivity index (χ4v) is 1.54. The van der Waals surface area contributed by atoms with Crippen molar-refractivity contribution in [3.63, 3.8) is 0 Å². The van der Waals surface area contributed by atoms with Gasteiger partial charge in [0.05, 0.1) is 11.9 Å². The molecule has 1 aromatic heterocycles. The SMILES string of the molecule is CNCc1cn[nH]c1-c1ccc(F)c(F)c1. The van der Waals surface area contributed by atoms with Gasteiger partial charge in [-0.15, -0.1) is 0 Å². The molecule has 2 N–H and O–H groups in total. The number of hydrogen-bond acceptors (Lipinski definition) is 2. The number of nitrogens with zero attached hydrogens (tertiary/aromatic N) is 1. The molecular weight excluding hydrogens is 212 g/mol. The summed E-state index contributed by atoms with van der Waals surface area (Å²) in [5, 5.41) is 9.64. The van der Waals surface area contributed by atoms with Crippen LogP contribution in [0.15, 0.2) is 24.4 Å². The van der Waals surface area contributed by atoms with E-state index in [1.807, 2.05) is 7.05 Å². The quantitative estimate of drug-likeness (QED) is 0.836. The van der Waals surface area contributed by atoms with E-state index in [0.29, 0.717) is 17.8 Å². The summed E-state index contributed by atoms with van der Waals surface area (Å²) in [6.45, 7) is 0.616. The first-order valence-electron chi connectivity index (χ1n) is 4.84. The first-order chi connectivity index (χ1) is 7.72. The molecule has 16 heavy (non-hydrogen) atoms. The predicted octanol–water partition coefficient (Wildman–Crippen LogP) is 2.07. The van der Waals surface area contributed by atoms with Crippen molar-refractivity contribution in [3.8, 4) is 11.3 Å². The lowest BCUT2D eigenvalue weighted by molar-refractivity contribution is 0.509. The lowest BCUT2D eigenvalue weighted by Gasteiger charge is -2.03. The Labute approximate surface area is 91.5 Å². The number of aromatic amines is 1.